The maximum absolute atomic E-state index is 14.0. The zero-order valence-corrected chi connectivity index (χ0v) is 12.4. The molecule has 0 fully saturated rings. The second-order valence-corrected chi connectivity index (χ2v) is 5.02. The normalized spacial score (nSPS) is 10.8. The number of nitrogens with one attached hydrogen (secondary N) is 2. The number of carbonyl (C=O) groups is 2. The van der Waals surface area contributed by atoms with E-state index in [0.29, 0.717) is 0 Å². The summed E-state index contributed by atoms with van der Waals surface area (Å²) in [6, 6.07) is 3.69. The van der Waals surface area contributed by atoms with Gasteiger partial charge < -0.3 is 10.4 Å². The lowest BCUT2D eigenvalue weighted by molar-refractivity contribution is -0.135. The summed E-state index contributed by atoms with van der Waals surface area (Å²) in [5.74, 6) is -3.71. The number of aliphatic carboxylic acids is 1. The molecular weight excluding hydrogens is 338 g/mol. The highest BCUT2D eigenvalue weighted by molar-refractivity contribution is 6.01. The van der Waals surface area contributed by atoms with Crippen LogP contribution in [0.3, 0.4) is 0 Å². The van der Waals surface area contributed by atoms with Crippen LogP contribution in [0.5, 0.6) is 0 Å². The van der Waals surface area contributed by atoms with Crippen molar-refractivity contribution in [1.29, 1.82) is 0 Å². The molecule has 0 saturated heterocycles. The Morgan fingerprint density at radius 2 is 2.04 bits per heavy atom. The van der Waals surface area contributed by atoms with E-state index in [-0.39, 0.29) is 16.9 Å². The maximum atomic E-state index is 14.0. The number of halogens is 2. The lowest BCUT2D eigenvalue weighted by Gasteiger charge is -2.09. The van der Waals surface area contributed by atoms with Crippen LogP contribution in [0.1, 0.15) is 10.4 Å². The third-order valence-corrected chi connectivity index (χ3v) is 3.40. The van der Waals surface area contributed by atoms with Crippen molar-refractivity contribution in [2.75, 3.05) is 6.54 Å². The number of carboxylic acid groups (broad SMARTS) is 1. The van der Waals surface area contributed by atoms with Crippen LogP contribution in [0.15, 0.2) is 35.4 Å². The van der Waals surface area contributed by atoms with Gasteiger partial charge in [-0.15, -0.1) is 0 Å². The zero-order chi connectivity index (χ0) is 18.1. The molecule has 0 bridgehead atoms. The molecule has 25 heavy (non-hydrogen) atoms. The molecule has 10 heteroatoms. The fourth-order valence-electron chi connectivity index (χ4n) is 2.35. The van der Waals surface area contributed by atoms with Crippen molar-refractivity contribution in [1.82, 2.24) is 19.9 Å². The average molecular weight is 348 g/mol. The summed E-state index contributed by atoms with van der Waals surface area (Å²) in [6.45, 7) is -0.685. The van der Waals surface area contributed by atoms with Gasteiger partial charge in [0.05, 0.1) is 5.69 Å². The highest BCUT2D eigenvalue weighted by atomic mass is 19.1. The van der Waals surface area contributed by atoms with Gasteiger partial charge in [-0.1, -0.05) is 0 Å². The second-order valence-electron chi connectivity index (χ2n) is 5.02. The van der Waals surface area contributed by atoms with Gasteiger partial charge in [-0.2, -0.15) is 0 Å². The van der Waals surface area contributed by atoms with Crippen molar-refractivity contribution < 1.29 is 23.5 Å². The highest BCUT2D eigenvalue weighted by Crippen LogP contribution is 2.23. The molecule has 1 aromatic carbocycles. The predicted molar refractivity (Wildman–Crippen MR) is 81.1 cm³/mol. The van der Waals surface area contributed by atoms with Crippen molar-refractivity contribution in [2.45, 2.75) is 0 Å². The minimum atomic E-state index is -1.29. The van der Waals surface area contributed by atoms with E-state index in [4.69, 9.17) is 5.11 Å². The van der Waals surface area contributed by atoms with Crippen molar-refractivity contribution in [3.63, 3.8) is 0 Å². The minimum Gasteiger partial charge on any atom is -0.480 e. The van der Waals surface area contributed by atoms with E-state index in [0.717, 1.165) is 35.1 Å². The Morgan fingerprint density at radius 3 is 2.76 bits per heavy atom. The monoisotopic (exact) mass is 348 g/mol. The summed E-state index contributed by atoms with van der Waals surface area (Å²) in [7, 11) is 0. The van der Waals surface area contributed by atoms with E-state index < -0.39 is 41.0 Å². The molecule has 0 aliphatic heterocycles. The molecule has 1 amide bonds. The van der Waals surface area contributed by atoms with Gasteiger partial charge in [0.1, 0.15) is 30.1 Å². The Morgan fingerprint density at radius 1 is 1.28 bits per heavy atom. The number of amides is 1. The molecule has 0 saturated carbocycles. The molecule has 3 aromatic rings. The average Bonchev–Trinajstić information content (AvgIpc) is 3.03. The van der Waals surface area contributed by atoms with Crippen LogP contribution in [-0.2, 0) is 4.79 Å². The van der Waals surface area contributed by atoms with E-state index in [2.05, 4.69) is 15.4 Å². The van der Waals surface area contributed by atoms with E-state index in [1.54, 1.807) is 0 Å². The lowest BCUT2D eigenvalue weighted by atomic mass is 10.1. The predicted octanol–water partition coefficient (Wildman–Crippen LogP) is 0.782. The van der Waals surface area contributed by atoms with E-state index in [9.17, 15) is 23.2 Å². The van der Waals surface area contributed by atoms with Crippen molar-refractivity contribution in [3.05, 3.63) is 58.0 Å². The maximum Gasteiger partial charge on any atom is 0.322 e. The fraction of sp³-hybridized carbons (Fsp3) is 0.0667. The van der Waals surface area contributed by atoms with Crippen LogP contribution in [0.2, 0.25) is 0 Å². The number of aromatic amines is 1. The number of hydrogen-bond donors (Lipinski definition) is 3. The standard InChI is InChI=1S/C15H10F2N4O4/c16-7-1-2-9(17)8(3-7)10-4-11(22)13(14-19-6-20-21(10)14)15(25)18-5-12(23)24/h1-4,6H,5H2,(H,18,25)(H,19,20)(H,23,24). The number of aromatic nitrogens is 3. The van der Waals surface area contributed by atoms with Crippen LogP contribution in [0.25, 0.3) is 16.9 Å². The number of carboxylic acids is 1. The molecule has 0 spiro atoms. The first-order valence-corrected chi connectivity index (χ1v) is 6.93. The number of fused-ring (bicyclic) bond motifs is 1. The van der Waals surface area contributed by atoms with Crippen LogP contribution >= 0.6 is 0 Å². The second kappa shape index (κ2) is 6.15. The summed E-state index contributed by atoms with van der Waals surface area (Å²) in [4.78, 5) is 38.8. The third kappa shape index (κ3) is 2.96. The Labute approximate surface area is 137 Å². The SMILES string of the molecule is O=C(O)CNC(=O)c1c(=O)cc(-c2cc(F)ccc2F)n2[nH]cnc12. The first-order chi connectivity index (χ1) is 11.9. The molecular formula is C15H10F2N4O4. The molecule has 0 aliphatic carbocycles. The Balaban J connectivity index is 2.19. The number of hydrogen-bond acceptors (Lipinski definition) is 4. The molecule has 2 heterocycles. The molecule has 0 atom stereocenters. The van der Waals surface area contributed by atoms with Crippen molar-refractivity contribution in [3.8, 4) is 11.3 Å². The number of nitrogens with zero attached hydrogens (tertiary/aromatic N) is 2. The van der Waals surface area contributed by atoms with Gasteiger partial charge in [0.15, 0.2) is 11.1 Å². The smallest absolute Gasteiger partial charge is 0.322 e. The van der Waals surface area contributed by atoms with Gasteiger partial charge in [0, 0.05) is 11.6 Å². The van der Waals surface area contributed by atoms with Crippen LogP contribution in [0, 0.1) is 11.6 Å². The largest absolute Gasteiger partial charge is 0.480 e. The minimum absolute atomic E-state index is 0.0377. The molecule has 0 radical (unpaired) electrons. The summed E-state index contributed by atoms with van der Waals surface area (Å²) in [6.07, 6.45) is 1.16. The molecule has 3 N–H and O–H groups in total. The molecule has 0 aliphatic rings. The zero-order valence-electron chi connectivity index (χ0n) is 12.4. The number of rotatable bonds is 4. The number of pyridine rings is 1. The van der Waals surface area contributed by atoms with Gasteiger partial charge >= 0.3 is 5.97 Å². The van der Waals surface area contributed by atoms with Crippen molar-refractivity contribution >= 4 is 17.5 Å². The lowest BCUT2D eigenvalue weighted by Crippen LogP contribution is -2.33. The summed E-state index contributed by atoms with van der Waals surface area (Å²) < 4.78 is 28.6. The molecule has 3 rings (SSSR count). The van der Waals surface area contributed by atoms with E-state index in [1.807, 2.05) is 0 Å². The quantitative estimate of drug-likeness (QED) is 0.644. The molecule has 2 aromatic heterocycles. The van der Waals surface area contributed by atoms with Crippen LogP contribution in [0.4, 0.5) is 8.78 Å². The Hall–Kier alpha value is -3.56. The molecule has 0 unspecified atom stereocenters. The Bertz CT molecular complexity index is 1060. The van der Waals surface area contributed by atoms with Crippen molar-refractivity contribution in [2.24, 2.45) is 0 Å². The number of benzene rings is 1. The number of carbonyl (C=O) groups excluding carboxylic acids is 1. The van der Waals surface area contributed by atoms with E-state index >= 15 is 0 Å². The molecule has 128 valence electrons. The third-order valence-electron chi connectivity index (χ3n) is 3.40. The topological polar surface area (TPSA) is 117 Å². The summed E-state index contributed by atoms with van der Waals surface area (Å²) >= 11 is 0. The van der Waals surface area contributed by atoms with Crippen LogP contribution in [-0.4, -0.2) is 38.1 Å². The molecule has 8 nitrogen and oxygen atoms in total. The fourth-order valence-corrected chi connectivity index (χ4v) is 2.35. The first kappa shape index (κ1) is 16.3. The van der Waals surface area contributed by atoms with Gasteiger partial charge in [-0.3, -0.25) is 19.5 Å². The van der Waals surface area contributed by atoms with Gasteiger partial charge in [-0.25, -0.2) is 18.3 Å². The van der Waals surface area contributed by atoms with E-state index in [1.165, 1.54) is 0 Å². The highest BCUT2D eigenvalue weighted by Gasteiger charge is 2.21. The first-order valence-electron chi connectivity index (χ1n) is 6.93. The number of H-pyrrole nitrogens is 1. The van der Waals surface area contributed by atoms with Gasteiger partial charge in [0.2, 0.25) is 0 Å². The summed E-state index contributed by atoms with van der Waals surface area (Å²) in [5, 5.41) is 13.3. The van der Waals surface area contributed by atoms with Crippen LogP contribution < -0.4 is 10.7 Å². The van der Waals surface area contributed by atoms with Gasteiger partial charge in [-0.05, 0) is 18.2 Å². The van der Waals surface area contributed by atoms with Gasteiger partial charge in [0.25, 0.3) is 5.91 Å². The summed E-state index contributed by atoms with van der Waals surface area (Å²) in [5.41, 5.74) is -1.61. The Kier molecular flexibility index (Phi) is 4.01.